The van der Waals surface area contributed by atoms with Crippen LogP contribution in [0.2, 0.25) is 0 Å². The molecule has 2 atom stereocenters. The number of likely N-dealkylation sites (N-methyl/N-ethyl adjacent to an activating group) is 1. The van der Waals surface area contributed by atoms with Crippen molar-refractivity contribution in [2.75, 3.05) is 20.2 Å². The van der Waals surface area contributed by atoms with Gasteiger partial charge in [-0.25, -0.2) is 19.7 Å². The van der Waals surface area contributed by atoms with Gasteiger partial charge in [-0.2, -0.15) is 0 Å². The van der Waals surface area contributed by atoms with Crippen LogP contribution in [-0.2, 0) is 4.74 Å². The van der Waals surface area contributed by atoms with E-state index in [1.807, 2.05) is 18.2 Å². The van der Waals surface area contributed by atoms with Gasteiger partial charge in [-0.1, -0.05) is 24.0 Å². The predicted molar refractivity (Wildman–Crippen MR) is 122 cm³/mol. The molecule has 1 unspecified atom stereocenters. The first kappa shape index (κ1) is 22.6. The molecule has 168 valence electrons. The largest absolute Gasteiger partial charge is 0.461 e. The molecule has 1 aliphatic heterocycles. The Morgan fingerprint density at radius 3 is 2.70 bits per heavy atom. The van der Waals surface area contributed by atoms with Crippen LogP contribution in [-0.4, -0.2) is 68.1 Å². The van der Waals surface area contributed by atoms with E-state index >= 15 is 0 Å². The molecule has 0 radical (unpaired) electrons. The second kappa shape index (κ2) is 9.46. The van der Waals surface area contributed by atoms with E-state index in [4.69, 9.17) is 4.74 Å². The summed E-state index contributed by atoms with van der Waals surface area (Å²) in [5.41, 5.74) is 1.20. The Morgan fingerprint density at radius 1 is 1.21 bits per heavy atom. The molecule has 2 N–H and O–H groups in total. The minimum Gasteiger partial charge on any atom is -0.461 e. The molecule has 8 nitrogen and oxygen atoms in total. The van der Waals surface area contributed by atoms with E-state index in [9.17, 15) is 15.0 Å². The van der Waals surface area contributed by atoms with Crippen molar-refractivity contribution in [2.24, 2.45) is 0 Å². The number of esters is 1. The Labute approximate surface area is 191 Å². The van der Waals surface area contributed by atoms with Crippen LogP contribution in [0.25, 0.3) is 22.6 Å². The zero-order chi connectivity index (χ0) is 23.4. The molecule has 0 bridgehead atoms. The number of aliphatic hydroxyl groups is 2. The summed E-state index contributed by atoms with van der Waals surface area (Å²) in [6.07, 6.45) is 2.58. The summed E-state index contributed by atoms with van der Waals surface area (Å²) in [5, 5.41) is 20.8. The van der Waals surface area contributed by atoms with Gasteiger partial charge in [0.1, 0.15) is 11.9 Å². The lowest BCUT2D eigenvalue weighted by Gasteiger charge is -2.22. The Morgan fingerprint density at radius 2 is 2.00 bits per heavy atom. The van der Waals surface area contributed by atoms with Crippen LogP contribution < -0.4 is 0 Å². The molecular weight excluding hydrogens is 420 g/mol. The highest BCUT2D eigenvalue weighted by atomic mass is 16.5. The van der Waals surface area contributed by atoms with Crippen molar-refractivity contribution >= 4 is 5.97 Å². The van der Waals surface area contributed by atoms with E-state index in [2.05, 4.69) is 26.8 Å². The Hall–Kier alpha value is -3.64. The minimum absolute atomic E-state index is 0.153. The van der Waals surface area contributed by atoms with E-state index in [0.29, 0.717) is 35.6 Å². The fourth-order valence-electron chi connectivity index (χ4n) is 3.59. The third kappa shape index (κ3) is 4.91. The first-order valence-electron chi connectivity index (χ1n) is 10.6. The molecule has 0 amide bonds. The number of aromatic nitrogens is 3. The van der Waals surface area contributed by atoms with E-state index < -0.39 is 17.8 Å². The monoisotopic (exact) mass is 444 g/mol. The maximum atomic E-state index is 12.4. The topological polar surface area (TPSA) is 109 Å². The van der Waals surface area contributed by atoms with E-state index in [1.54, 1.807) is 55.5 Å². The lowest BCUT2D eigenvalue weighted by molar-refractivity contribution is -0.0633. The summed E-state index contributed by atoms with van der Waals surface area (Å²) in [5.74, 6) is 5.71. The highest BCUT2D eigenvalue weighted by Crippen LogP contribution is 2.27. The number of carbonyl (C=O) groups excluding carboxylic acids is 1. The van der Waals surface area contributed by atoms with Gasteiger partial charge in [0.05, 0.1) is 12.3 Å². The molecule has 1 aliphatic rings. The van der Waals surface area contributed by atoms with E-state index in [1.165, 1.54) is 0 Å². The van der Waals surface area contributed by atoms with Gasteiger partial charge in [-0.15, -0.1) is 0 Å². The Bertz CT molecular complexity index is 1220. The van der Waals surface area contributed by atoms with Gasteiger partial charge < -0.3 is 14.9 Å². The second-order valence-corrected chi connectivity index (χ2v) is 7.78. The number of hydrogen-bond acceptors (Lipinski definition) is 8. The van der Waals surface area contributed by atoms with Crippen LogP contribution in [0.4, 0.5) is 0 Å². The molecule has 3 heterocycles. The number of aliphatic hydroxyl groups excluding tert-OH is 1. The quantitative estimate of drug-likeness (QED) is 0.465. The van der Waals surface area contributed by atoms with Crippen LogP contribution in [0.3, 0.4) is 0 Å². The number of benzene rings is 1. The molecule has 0 saturated carbocycles. The number of pyridine rings is 1. The zero-order valence-electron chi connectivity index (χ0n) is 18.4. The highest BCUT2D eigenvalue weighted by Gasteiger charge is 2.42. The molecule has 1 saturated heterocycles. The molecule has 0 aliphatic carbocycles. The molecule has 3 aromatic rings. The van der Waals surface area contributed by atoms with Gasteiger partial charge in [0.2, 0.25) is 0 Å². The summed E-state index contributed by atoms with van der Waals surface area (Å²) in [4.78, 5) is 27.1. The molecule has 4 rings (SSSR count). The summed E-state index contributed by atoms with van der Waals surface area (Å²) in [7, 11) is 1.74. The maximum Gasteiger partial charge on any atom is 0.356 e. The van der Waals surface area contributed by atoms with Gasteiger partial charge in [0.25, 0.3) is 0 Å². The average molecular weight is 444 g/mol. The number of likely N-dealkylation sites (tertiary alicyclic amines) is 1. The van der Waals surface area contributed by atoms with Gasteiger partial charge in [-0.3, -0.25) is 4.90 Å². The van der Waals surface area contributed by atoms with E-state index in [-0.39, 0.29) is 12.3 Å². The van der Waals surface area contributed by atoms with Crippen molar-refractivity contribution in [1.82, 2.24) is 19.9 Å². The van der Waals surface area contributed by atoms with Gasteiger partial charge >= 0.3 is 5.97 Å². The standard InChI is InChI=1S/C25H24N4O4/c1-3-33-23(30)21-16-19(22-26-11-5-12-27-22)15-20(28-21)18-7-4-6-17(14-18)8-9-25(32)10-13-29(2)24(25)31/h4-7,11-12,14-16,24,31-32H,3,10,13H2,1-2H3/t24?,25-/m0/s1. The fourth-order valence-corrected chi connectivity index (χ4v) is 3.59. The summed E-state index contributed by atoms with van der Waals surface area (Å²) < 4.78 is 5.14. The summed E-state index contributed by atoms with van der Waals surface area (Å²) >= 11 is 0. The molecule has 0 spiro atoms. The van der Waals surface area contributed by atoms with Gasteiger partial charge in [0, 0.05) is 42.0 Å². The lowest BCUT2D eigenvalue weighted by atomic mass is 10.0. The molecule has 33 heavy (non-hydrogen) atoms. The van der Waals surface area contributed by atoms with Crippen molar-refractivity contribution in [2.45, 2.75) is 25.2 Å². The molecule has 8 heteroatoms. The number of ether oxygens (including phenoxy) is 1. The van der Waals surface area contributed by atoms with Crippen molar-refractivity contribution in [3.05, 3.63) is 66.1 Å². The fraction of sp³-hybridized carbons (Fsp3) is 0.280. The number of carbonyl (C=O) groups is 1. The third-order valence-corrected chi connectivity index (χ3v) is 5.41. The summed E-state index contributed by atoms with van der Waals surface area (Å²) in [6, 6.07) is 12.4. The predicted octanol–water partition coefficient (Wildman–Crippen LogP) is 2.12. The SMILES string of the molecule is CCOC(=O)c1cc(-c2ncccn2)cc(-c2cccc(C#C[C@]3(O)CCN(C)C3O)c2)n1. The zero-order valence-corrected chi connectivity index (χ0v) is 18.4. The first-order chi connectivity index (χ1) is 15.9. The number of rotatable bonds is 4. The minimum atomic E-state index is -1.48. The first-order valence-corrected chi connectivity index (χ1v) is 10.6. The maximum absolute atomic E-state index is 12.4. The van der Waals surface area contributed by atoms with Crippen molar-refractivity contribution in [3.63, 3.8) is 0 Å². The van der Waals surface area contributed by atoms with Crippen LogP contribution in [0.15, 0.2) is 54.9 Å². The van der Waals surface area contributed by atoms with Crippen molar-refractivity contribution < 1.29 is 19.7 Å². The molecule has 1 fully saturated rings. The van der Waals surface area contributed by atoms with Crippen LogP contribution >= 0.6 is 0 Å². The smallest absolute Gasteiger partial charge is 0.356 e. The highest BCUT2D eigenvalue weighted by molar-refractivity contribution is 5.89. The third-order valence-electron chi connectivity index (χ3n) is 5.41. The number of nitrogens with zero attached hydrogens (tertiary/aromatic N) is 4. The van der Waals surface area contributed by atoms with Gasteiger partial charge in [-0.05, 0) is 44.3 Å². The van der Waals surface area contributed by atoms with Crippen LogP contribution in [0.1, 0.15) is 29.4 Å². The van der Waals surface area contributed by atoms with E-state index in [0.717, 1.165) is 5.56 Å². The van der Waals surface area contributed by atoms with Gasteiger partial charge in [0.15, 0.2) is 11.4 Å². The Balaban J connectivity index is 1.73. The average Bonchev–Trinajstić information content (AvgIpc) is 3.11. The normalized spacial score (nSPS) is 20.2. The van der Waals surface area contributed by atoms with Crippen molar-refractivity contribution in [1.29, 1.82) is 0 Å². The second-order valence-electron chi connectivity index (χ2n) is 7.78. The van der Waals surface area contributed by atoms with Crippen molar-refractivity contribution in [3.8, 4) is 34.5 Å². The Kier molecular flexibility index (Phi) is 6.47. The summed E-state index contributed by atoms with van der Waals surface area (Å²) in [6.45, 7) is 2.52. The molecule has 2 aromatic heterocycles. The lowest BCUT2D eigenvalue weighted by Crippen LogP contribution is -2.42. The number of hydrogen-bond donors (Lipinski definition) is 2. The van der Waals surface area contributed by atoms with Crippen LogP contribution in [0.5, 0.6) is 0 Å². The van der Waals surface area contributed by atoms with Crippen LogP contribution in [0, 0.1) is 11.8 Å². The molecule has 1 aromatic carbocycles. The molecular formula is C25H24N4O4.